The molecule has 0 amide bonds. The number of rotatable bonds is 4. The normalized spacial score (nSPS) is 12.6. The number of nitrogens with two attached hydrogens (primary N) is 1. The Morgan fingerprint density at radius 3 is 2.88 bits per heavy atom. The number of aromatic nitrogens is 2. The maximum atomic E-state index is 5.91. The molecule has 0 spiro atoms. The number of nitrogens with zero attached hydrogens (tertiary/aromatic N) is 2. The van der Waals surface area contributed by atoms with Gasteiger partial charge in [-0.25, -0.2) is 9.97 Å². The van der Waals surface area contributed by atoms with E-state index >= 15 is 0 Å². The average Bonchev–Trinajstić information content (AvgIpc) is 2.74. The molecule has 16 heavy (non-hydrogen) atoms. The fraction of sp³-hybridized carbons (Fsp3) is 0.200. The van der Waals surface area contributed by atoms with Gasteiger partial charge in [0, 0.05) is 17.6 Å². The van der Waals surface area contributed by atoms with Gasteiger partial charge in [-0.1, -0.05) is 23.4 Å². The lowest BCUT2D eigenvalue weighted by molar-refractivity contribution is 0.948. The molecule has 0 aliphatic rings. The Labute approximate surface area is 107 Å². The molecule has 0 aromatic carbocycles. The fourth-order valence-corrected chi connectivity index (χ4v) is 3.39. The molecule has 1 atom stereocenters. The third kappa shape index (κ3) is 2.95. The van der Waals surface area contributed by atoms with Crippen LogP contribution in [0.1, 0.15) is 10.1 Å². The molecule has 1 unspecified atom stereocenters. The van der Waals surface area contributed by atoms with Gasteiger partial charge in [0.15, 0.2) is 0 Å². The van der Waals surface area contributed by atoms with E-state index in [-0.39, 0.29) is 5.25 Å². The number of thioether (sulfide) groups is 1. The lowest BCUT2D eigenvalue weighted by atomic mass is 10.3. The summed E-state index contributed by atoms with van der Waals surface area (Å²) < 4.78 is 0.789. The molecule has 0 aliphatic carbocycles. The summed E-state index contributed by atoms with van der Waals surface area (Å²) in [4.78, 5) is 9.22. The van der Waals surface area contributed by atoms with Crippen LogP contribution >= 0.6 is 34.7 Å². The van der Waals surface area contributed by atoms with Crippen LogP contribution in [-0.2, 0) is 0 Å². The standard InChI is InChI=1S/C10H10ClN3S2/c11-9-2-1-7(15-9)8(5-12)16-10-3-4-13-6-14-10/h1-4,6,8H,5,12H2. The van der Waals surface area contributed by atoms with Crippen molar-refractivity contribution in [3.05, 3.63) is 39.9 Å². The summed E-state index contributed by atoms with van der Waals surface area (Å²) in [5.74, 6) is 0. The van der Waals surface area contributed by atoms with Crippen LogP contribution in [0.15, 0.2) is 35.7 Å². The van der Waals surface area contributed by atoms with Crippen LogP contribution in [0.4, 0.5) is 0 Å². The predicted molar refractivity (Wildman–Crippen MR) is 69.0 cm³/mol. The minimum Gasteiger partial charge on any atom is -0.329 e. The summed E-state index contributed by atoms with van der Waals surface area (Å²) in [5, 5.41) is 1.13. The molecule has 2 N–H and O–H groups in total. The van der Waals surface area contributed by atoms with Crippen molar-refractivity contribution in [1.82, 2.24) is 9.97 Å². The van der Waals surface area contributed by atoms with Crippen molar-refractivity contribution in [2.24, 2.45) is 5.73 Å². The van der Waals surface area contributed by atoms with Crippen LogP contribution in [0.2, 0.25) is 4.34 Å². The first-order chi connectivity index (χ1) is 7.79. The summed E-state index contributed by atoms with van der Waals surface area (Å²) in [6.45, 7) is 0.561. The first-order valence-corrected chi connectivity index (χ1v) is 6.75. The Morgan fingerprint density at radius 2 is 2.31 bits per heavy atom. The SMILES string of the molecule is NCC(Sc1ccncn1)c1ccc(Cl)s1. The van der Waals surface area contributed by atoms with E-state index in [1.165, 1.54) is 11.2 Å². The summed E-state index contributed by atoms with van der Waals surface area (Å²) in [7, 11) is 0. The van der Waals surface area contributed by atoms with Crippen LogP contribution in [0.3, 0.4) is 0 Å². The molecule has 0 fully saturated rings. The molecule has 0 saturated carbocycles. The van der Waals surface area contributed by atoms with Crippen LogP contribution in [-0.4, -0.2) is 16.5 Å². The van der Waals surface area contributed by atoms with E-state index in [2.05, 4.69) is 9.97 Å². The van der Waals surface area contributed by atoms with Crippen molar-refractivity contribution in [3.63, 3.8) is 0 Å². The second-order valence-corrected chi connectivity index (χ2v) is 6.00. The molecule has 2 aromatic rings. The Kier molecular flexibility index (Phi) is 4.17. The second kappa shape index (κ2) is 5.63. The van der Waals surface area contributed by atoms with Crippen LogP contribution < -0.4 is 5.73 Å². The van der Waals surface area contributed by atoms with E-state index in [1.807, 2.05) is 18.2 Å². The van der Waals surface area contributed by atoms with Crippen molar-refractivity contribution < 1.29 is 0 Å². The molecule has 84 valence electrons. The van der Waals surface area contributed by atoms with E-state index in [0.29, 0.717) is 6.54 Å². The van der Waals surface area contributed by atoms with Gasteiger partial charge in [-0.15, -0.1) is 11.3 Å². The van der Waals surface area contributed by atoms with Crippen molar-refractivity contribution in [2.45, 2.75) is 10.3 Å². The minimum atomic E-state index is 0.201. The Bertz CT molecular complexity index is 446. The summed E-state index contributed by atoms with van der Waals surface area (Å²) in [5.41, 5.74) is 5.76. The third-order valence-electron chi connectivity index (χ3n) is 1.94. The van der Waals surface area contributed by atoms with Crippen molar-refractivity contribution in [3.8, 4) is 0 Å². The van der Waals surface area contributed by atoms with Gasteiger partial charge in [0.05, 0.1) is 9.59 Å². The molecule has 6 heteroatoms. The van der Waals surface area contributed by atoms with Crippen LogP contribution in [0, 0.1) is 0 Å². The monoisotopic (exact) mass is 271 g/mol. The Balaban J connectivity index is 2.12. The Hall–Kier alpha value is -0.620. The average molecular weight is 272 g/mol. The van der Waals surface area contributed by atoms with E-state index in [9.17, 15) is 0 Å². The van der Waals surface area contributed by atoms with Gasteiger partial charge < -0.3 is 5.73 Å². The third-order valence-corrected chi connectivity index (χ3v) is 4.65. The van der Waals surface area contributed by atoms with E-state index < -0.39 is 0 Å². The van der Waals surface area contributed by atoms with E-state index in [0.717, 1.165) is 9.36 Å². The number of halogens is 1. The van der Waals surface area contributed by atoms with Gasteiger partial charge in [-0.2, -0.15) is 0 Å². The zero-order valence-electron chi connectivity index (χ0n) is 8.34. The zero-order chi connectivity index (χ0) is 11.4. The van der Waals surface area contributed by atoms with Gasteiger partial charge in [-0.3, -0.25) is 0 Å². The van der Waals surface area contributed by atoms with Gasteiger partial charge in [-0.05, 0) is 18.2 Å². The highest BCUT2D eigenvalue weighted by molar-refractivity contribution is 7.99. The maximum Gasteiger partial charge on any atom is 0.116 e. The maximum absolute atomic E-state index is 5.91. The smallest absolute Gasteiger partial charge is 0.116 e. The van der Waals surface area contributed by atoms with Crippen molar-refractivity contribution >= 4 is 34.7 Å². The first kappa shape index (κ1) is 11.9. The second-order valence-electron chi connectivity index (χ2n) is 3.03. The lowest BCUT2D eigenvalue weighted by Gasteiger charge is -2.11. The number of hydrogen-bond donors (Lipinski definition) is 1. The van der Waals surface area contributed by atoms with E-state index in [4.69, 9.17) is 17.3 Å². The highest BCUT2D eigenvalue weighted by Crippen LogP contribution is 2.37. The summed E-state index contributed by atoms with van der Waals surface area (Å²) in [6.07, 6.45) is 3.27. The molecule has 2 aromatic heterocycles. The van der Waals surface area contributed by atoms with Crippen LogP contribution in [0.25, 0.3) is 0 Å². The molecule has 0 aliphatic heterocycles. The first-order valence-electron chi connectivity index (χ1n) is 4.67. The lowest BCUT2D eigenvalue weighted by Crippen LogP contribution is -2.08. The molecule has 0 saturated heterocycles. The number of thiophene rings is 1. The highest BCUT2D eigenvalue weighted by atomic mass is 35.5. The Morgan fingerprint density at radius 1 is 1.44 bits per heavy atom. The molecule has 3 nitrogen and oxygen atoms in total. The molecule has 2 rings (SSSR count). The molecule has 0 bridgehead atoms. The van der Waals surface area contributed by atoms with Gasteiger partial charge >= 0.3 is 0 Å². The van der Waals surface area contributed by atoms with Gasteiger partial charge in [0.2, 0.25) is 0 Å². The summed E-state index contributed by atoms with van der Waals surface area (Å²) in [6, 6.07) is 5.78. The molecule has 2 heterocycles. The topological polar surface area (TPSA) is 51.8 Å². The largest absolute Gasteiger partial charge is 0.329 e. The van der Waals surface area contributed by atoms with Gasteiger partial charge in [0.25, 0.3) is 0 Å². The molecular weight excluding hydrogens is 262 g/mol. The van der Waals surface area contributed by atoms with Crippen LogP contribution in [0.5, 0.6) is 0 Å². The molecular formula is C10H10ClN3S2. The van der Waals surface area contributed by atoms with Gasteiger partial charge in [0.1, 0.15) is 11.4 Å². The summed E-state index contributed by atoms with van der Waals surface area (Å²) >= 11 is 9.10. The van der Waals surface area contributed by atoms with Crippen molar-refractivity contribution in [1.29, 1.82) is 0 Å². The zero-order valence-corrected chi connectivity index (χ0v) is 10.7. The quantitative estimate of drug-likeness (QED) is 0.686. The highest BCUT2D eigenvalue weighted by Gasteiger charge is 2.14. The van der Waals surface area contributed by atoms with E-state index in [1.54, 1.807) is 29.3 Å². The predicted octanol–water partition coefficient (Wildman–Crippen LogP) is 2.98. The van der Waals surface area contributed by atoms with Crippen molar-refractivity contribution in [2.75, 3.05) is 6.54 Å². The molecule has 0 radical (unpaired) electrons. The number of hydrogen-bond acceptors (Lipinski definition) is 5. The fourth-order valence-electron chi connectivity index (χ4n) is 1.22. The minimum absolute atomic E-state index is 0.201.